The summed E-state index contributed by atoms with van der Waals surface area (Å²) in [5, 5.41) is 22.0. The van der Waals surface area contributed by atoms with Crippen LogP contribution in [0.2, 0.25) is 0 Å². The lowest BCUT2D eigenvalue weighted by molar-refractivity contribution is -0.0282. The fraction of sp³-hybridized carbons (Fsp3) is 0.409. The first kappa shape index (κ1) is 35.5. The van der Waals surface area contributed by atoms with Gasteiger partial charge in [-0.1, -0.05) is 66.7 Å². The highest BCUT2D eigenvalue weighted by Crippen LogP contribution is 2.41. The Morgan fingerprint density at radius 2 is 1.11 bits per heavy atom. The largest absolute Gasteiger partial charge is 0.497 e. The van der Waals surface area contributed by atoms with Crippen molar-refractivity contribution in [3.8, 4) is 17.2 Å². The average molecular weight is 717 g/mol. The minimum atomic E-state index is -0.754. The summed E-state index contributed by atoms with van der Waals surface area (Å²) in [6.07, 6.45) is 4.36. The number of aliphatic hydroxyl groups is 2. The van der Waals surface area contributed by atoms with E-state index in [1.807, 2.05) is 91.0 Å². The summed E-state index contributed by atoms with van der Waals surface area (Å²) in [6, 6.07) is 29.4. The van der Waals surface area contributed by atoms with Crippen LogP contribution >= 0.6 is 0 Å². The number of hydrogen-bond donors (Lipinski definition) is 2. The van der Waals surface area contributed by atoms with Gasteiger partial charge in [-0.3, -0.25) is 9.59 Å². The van der Waals surface area contributed by atoms with Crippen molar-refractivity contribution in [1.82, 2.24) is 9.80 Å². The zero-order valence-corrected chi connectivity index (χ0v) is 30.3. The Morgan fingerprint density at radius 1 is 0.642 bits per heavy atom. The van der Waals surface area contributed by atoms with Crippen LogP contribution in [0.4, 0.5) is 0 Å². The van der Waals surface area contributed by atoms with E-state index in [4.69, 9.17) is 14.2 Å². The number of likely N-dealkylation sites (tertiary alicyclic amines) is 2. The lowest BCUT2D eigenvalue weighted by Gasteiger charge is -2.39. The van der Waals surface area contributed by atoms with E-state index < -0.39 is 11.2 Å². The van der Waals surface area contributed by atoms with Gasteiger partial charge in [0.15, 0.2) is 23.1 Å². The number of rotatable bonds is 7. The first-order valence-corrected chi connectivity index (χ1v) is 18.9. The molecule has 0 aromatic heterocycles. The summed E-state index contributed by atoms with van der Waals surface area (Å²) in [5.74, 6) is 2.57. The molecule has 0 bridgehead atoms. The second-order valence-electron chi connectivity index (χ2n) is 15.3. The van der Waals surface area contributed by atoms with Gasteiger partial charge in [-0.2, -0.15) is 0 Å². The van der Waals surface area contributed by atoms with E-state index in [2.05, 4.69) is 9.80 Å². The summed E-state index contributed by atoms with van der Waals surface area (Å²) in [7, 11) is 1.63. The molecular formula is C44H48N2O7. The predicted molar refractivity (Wildman–Crippen MR) is 201 cm³/mol. The zero-order valence-electron chi connectivity index (χ0n) is 30.3. The summed E-state index contributed by atoms with van der Waals surface area (Å²) in [4.78, 5) is 30.2. The van der Waals surface area contributed by atoms with Gasteiger partial charge in [0.2, 0.25) is 6.79 Å². The van der Waals surface area contributed by atoms with E-state index in [1.165, 1.54) is 0 Å². The van der Waals surface area contributed by atoms with Crippen molar-refractivity contribution in [3.05, 3.63) is 124 Å². The van der Waals surface area contributed by atoms with Crippen molar-refractivity contribution in [3.63, 3.8) is 0 Å². The van der Waals surface area contributed by atoms with Gasteiger partial charge < -0.3 is 34.2 Å². The van der Waals surface area contributed by atoms with Gasteiger partial charge in [0.05, 0.1) is 18.3 Å². The number of carbonyl (C=O) groups is 2. The second-order valence-corrected chi connectivity index (χ2v) is 15.3. The Kier molecular flexibility index (Phi) is 9.85. The number of methoxy groups -OCH3 is 1. The van der Waals surface area contributed by atoms with E-state index in [1.54, 1.807) is 7.11 Å². The van der Waals surface area contributed by atoms with Crippen LogP contribution < -0.4 is 14.2 Å². The van der Waals surface area contributed by atoms with Gasteiger partial charge in [0.25, 0.3) is 0 Å². The Hall–Kier alpha value is -4.54. The molecule has 0 amide bonds. The molecule has 2 N–H and O–H groups in total. The van der Waals surface area contributed by atoms with Gasteiger partial charge in [0, 0.05) is 62.2 Å². The quantitative estimate of drug-likeness (QED) is 0.246. The highest BCUT2D eigenvalue weighted by Gasteiger charge is 2.39. The molecule has 9 heteroatoms. The van der Waals surface area contributed by atoms with Crippen LogP contribution in [-0.4, -0.2) is 84.8 Å². The molecule has 3 aliphatic heterocycles. The van der Waals surface area contributed by atoms with Crippen LogP contribution in [0, 0.1) is 11.8 Å². The van der Waals surface area contributed by atoms with Crippen molar-refractivity contribution in [1.29, 1.82) is 0 Å². The highest BCUT2D eigenvalue weighted by atomic mass is 16.7. The molecule has 4 aromatic rings. The average Bonchev–Trinajstić information content (AvgIpc) is 3.88. The third kappa shape index (κ3) is 7.23. The SMILES string of the molecule is COc1ccc2c(c1)C(=O)C(CN1CCC(O)(c3ccccc3)CC1)C2.O=C1c2cc3c(cc2CC1CN1CCC(O)(c2ccccc2)CC1)OCO3. The van der Waals surface area contributed by atoms with E-state index in [9.17, 15) is 19.8 Å². The molecule has 4 aromatic carbocycles. The fourth-order valence-electron chi connectivity index (χ4n) is 8.83. The number of ketones is 2. The topological polar surface area (TPSA) is 109 Å². The van der Waals surface area contributed by atoms with Crippen molar-refractivity contribution < 1.29 is 34.0 Å². The number of Topliss-reactive ketones (excluding diaryl/α,β-unsaturated/α-hetero) is 2. The molecule has 2 saturated heterocycles. The van der Waals surface area contributed by atoms with E-state index in [0.29, 0.717) is 31.4 Å². The molecule has 0 saturated carbocycles. The van der Waals surface area contributed by atoms with Crippen LogP contribution in [0.15, 0.2) is 91.0 Å². The lowest BCUT2D eigenvalue weighted by atomic mass is 9.84. The molecule has 5 aliphatic rings. The van der Waals surface area contributed by atoms with Gasteiger partial charge in [0.1, 0.15) is 5.75 Å². The Labute approximate surface area is 311 Å². The van der Waals surface area contributed by atoms with Crippen molar-refractivity contribution >= 4 is 11.6 Å². The van der Waals surface area contributed by atoms with Crippen LogP contribution in [-0.2, 0) is 24.0 Å². The van der Waals surface area contributed by atoms with Crippen LogP contribution in [0.1, 0.15) is 68.7 Å². The zero-order chi connectivity index (χ0) is 36.6. The van der Waals surface area contributed by atoms with Gasteiger partial charge in [-0.25, -0.2) is 0 Å². The molecule has 2 fully saturated rings. The number of carbonyl (C=O) groups excluding carboxylic acids is 2. The van der Waals surface area contributed by atoms with Crippen LogP contribution in [0.5, 0.6) is 17.2 Å². The van der Waals surface area contributed by atoms with Crippen LogP contribution in [0.3, 0.4) is 0 Å². The normalized spacial score (nSPS) is 22.8. The molecule has 276 valence electrons. The van der Waals surface area contributed by atoms with Crippen molar-refractivity contribution in [2.45, 2.75) is 49.7 Å². The van der Waals surface area contributed by atoms with E-state index in [0.717, 1.165) is 97.0 Å². The monoisotopic (exact) mass is 716 g/mol. The fourth-order valence-corrected chi connectivity index (χ4v) is 8.83. The smallest absolute Gasteiger partial charge is 0.231 e. The maximum Gasteiger partial charge on any atom is 0.231 e. The summed E-state index contributed by atoms with van der Waals surface area (Å²) < 4.78 is 16.1. The Balaban J connectivity index is 0.000000151. The number of ether oxygens (including phenoxy) is 3. The molecule has 2 unspecified atom stereocenters. The number of benzene rings is 4. The first-order chi connectivity index (χ1) is 25.7. The number of hydrogen-bond acceptors (Lipinski definition) is 9. The van der Waals surface area contributed by atoms with Gasteiger partial charge in [-0.15, -0.1) is 0 Å². The van der Waals surface area contributed by atoms with E-state index >= 15 is 0 Å². The standard InChI is InChI=1S/C22H23NO4.C22H25NO3/c24-21-16(10-15-11-19-20(12-18(15)21)27-14-26-19)13-23-8-6-22(25,7-9-23)17-4-2-1-3-5-17;1-26-19-8-7-16-13-17(21(24)20(16)14-19)15-23-11-9-22(25,10-12-23)18-5-3-2-4-6-18/h1-5,11-12,16,25H,6-10,13-14H2;2-8,14,17,25H,9-13,15H2,1H3. The molecule has 0 radical (unpaired) electrons. The summed E-state index contributed by atoms with van der Waals surface area (Å²) in [6.45, 7) is 4.96. The molecule has 9 nitrogen and oxygen atoms in total. The number of nitrogens with zero attached hydrogens (tertiary/aromatic N) is 2. The second kappa shape index (κ2) is 14.7. The van der Waals surface area contributed by atoms with Crippen molar-refractivity contribution in [2.24, 2.45) is 11.8 Å². The van der Waals surface area contributed by atoms with Gasteiger partial charge in [-0.05, 0) is 85.0 Å². The third-order valence-corrected chi connectivity index (χ3v) is 12.1. The Morgan fingerprint density at radius 3 is 1.62 bits per heavy atom. The maximum atomic E-state index is 12.8. The minimum absolute atomic E-state index is 0.0139. The lowest BCUT2D eigenvalue weighted by Crippen LogP contribution is -2.44. The molecular weight excluding hydrogens is 668 g/mol. The Bertz CT molecular complexity index is 1950. The van der Waals surface area contributed by atoms with Gasteiger partial charge >= 0.3 is 0 Å². The maximum absolute atomic E-state index is 12.8. The molecule has 2 aliphatic carbocycles. The predicted octanol–water partition coefficient (Wildman–Crippen LogP) is 5.79. The third-order valence-electron chi connectivity index (χ3n) is 12.1. The number of piperidine rings is 2. The van der Waals surface area contributed by atoms with Crippen molar-refractivity contribution in [2.75, 3.05) is 53.2 Å². The van der Waals surface area contributed by atoms with E-state index in [-0.39, 0.29) is 30.2 Å². The van der Waals surface area contributed by atoms with Crippen LogP contribution in [0.25, 0.3) is 0 Å². The molecule has 2 atom stereocenters. The minimum Gasteiger partial charge on any atom is -0.497 e. The number of fused-ring (bicyclic) bond motifs is 3. The molecule has 0 spiro atoms. The molecule has 3 heterocycles. The highest BCUT2D eigenvalue weighted by molar-refractivity contribution is 6.03. The molecule has 53 heavy (non-hydrogen) atoms. The molecule has 9 rings (SSSR count). The summed E-state index contributed by atoms with van der Waals surface area (Å²) in [5.41, 5.74) is 4.27. The summed E-state index contributed by atoms with van der Waals surface area (Å²) >= 11 is 0. The first-order valence-electron chi connectivity index (χ1n) is 18.9.